The number of benzene rings is 2. The van der Waals surface area contributed by atoms with Crippen LogP contribution in [0.1, 0.15) is 10.8 Å². The first-order valence-corrected chi connectivity index (χ1v) is 7.95. The number of rotatable bonds is 5. The Kier molecular flexibility index (Phi) is 3.64. The van der Waals surface area contributed by atoms with Gasteiger partial charge in [-0.25, -0.2) is 0 Å². The monoisotopic (exact) mass is 326 g/mol. The Bertz CT molecular complexity index is 963. The van der Waals surface area contributed by atoms with E-state index < -0.39 is 0 Å². The van der Waals surface area contributed by atoms with Gasteiger partial charge in [0, 0.05) is 7.11 Å². The van der Waals surface area contributed by atoms with Crippen LogP contribution in [-0.4, -0.2) is 26.9 Å². The Hall–Kier alpha value is -2.51. The summed E-state index contributed by atoms with van der Waals surface area (Å²) in [6.45, 7) is 0.786. The summed E-state index contributed by atoms with van der Waals surface area (Å²) in [6.07, 6.45) is 0. The fourth-order valence-corrected chi connectivity index (χ4v) is 3.14. The molecular weight excluding hydrogens is 312 g/mol. The van der Waals surface area contributed by atoms with Crippen LogP contribution >= 0.6 is 11.3 Å². The molecule has 0 bridgehead atoms. The van der Waals surface area contributed by atoms with Gasteiger partial charge in [-0.1, -0.05) is 41.7 Å². The van der Waals surface area contributed by atoms with Crippen LogP contribution in [0.3, 0.4) is 0 Å². The predicted octanol–water partition coefficient (Wildman–Crippen LogP) is 3.06. The molecule has 0 fully saturated rings. The Morgan fingerprint density at radius 1 is 1.04 bits per heavy atom. The molecule has 0 amide bonds. The van der Waals surface area contributed by atoms with Crippen molar-refractivity contribution in [3.05, 3.63) is 53.3 Å². The third-order valence-electron chi connectivity index (χ3n) is 3.45. The lowest BCUT2D eigenvalue weighted by atomic mass is 10.1. The average molecular weight is 326 g/mol. The van der Waals surface area contributed by atoms with Gasteiger partial charge in [0.15, 0.2) is 10.8 Å². The molecular formula is C16H14N4O2S. The minimum Gasteiger partial charge on any atom is -0.486 e. The lowest BCUT2D eigenvalue weighted by molar-refractivity contribution is 0.176. The zero-order valence-electron chi connectivity index (χ0n) is 12.5. The van der Waals surface area contributed by atoms with Crippen LogP contribution in [0.15, 0.2) is 42.5 Å². The van der Waals surface area contributed by atoms with Crippen LogP contribution in [0.25, 0.3) is 15.7 Å². The third kappa shape index (κ3) is 2.76. The smallest absolute Gasteiger partial charge is 0.234 e. The van der Waals surface area contributed by atoms with Crippen molar-refractivity contribution in [2.24, 2.45) is 0 Å². The van der Waals surface area contributed by atoms with E-state index in [1.807, 2.05) is 24.3 Å². The molecule has 0 aliphatic rings. The van der Waals surface area contributed by atoms with Gasteiger partial charge in [-0.05, 0) is 22.9 Å². The van der Waals surface area contributed by atoms with Crippen LogP contribution in [0, 0.1) is 0 Å². The molecule has 2 aromatic heterocycles. The zero-order chi connectivity index (χ0) is 15.6. The molecule has 0 aliphatic heterocycles. The molecule has 0 saturated carbocycles. The Labute approximate surface area is 136 Å². The first-order valence-electron chi connectivity index (χ1n) is 7.14. The largest absolute Gasteiger partial charge is 0.486 e. The second-order valence-electron chi connectivity index (χ2n) is 5.04. The molecule has 7 heteroatoms. The van der Waals surface area contributed by atoms with E-state index in [1.165, 1.54) is 16.7 Å². The van der Waals surface area contributed by atoms with Gasteiger partial charge in [0.2, 0.25) is 4.96 Å². The number of methoxy groups -OCH3 is 1. The summed E-state index contributed by atoms with van der Waals surface area (Å²) < 4.78 is 12.6. The number of ether oxygens (including phenoxy) is 2. The van der Waals surface area contributed by atoms with E-state index in [0.717, 1.165) is 21.1 Å². The number of aromatic nitrogens is 4. The first kappa shape index (κ1) is 14.1. The van der Waals surface area contributed by atoms with E-state index in [1.54, 1.807) is 11.6 Å². The van der Waals surface area contributed by atoms with Gasteiger partial charge in [0.05, 0.1) is 0 Å². The van der Waals surface area contributed by atoms with E-state index in [9.17, 15) is 0 Å². The van der Waals surface area contributed by atoms with Crippen LogP contribution in [0.5, 0.6) is 5.75 Å². The van der Waals surface area contributed by atoms with Crippen molar-refractivity contribution in [2.75, 3.05) is 7.11 Å². The van der Waals surface area contributed by atoms with E-state index in [4.69, 9.17) is 9.47 Å². The SMILES string of the molecule is COCc1nnc2sc(COc3ccc4ccccc4c3)nn12. The molecule has 116 valence electrons. The summed E-state index contributed by atoms with van der Waals surface area (Å²) in [5.74, 6) is 1.52. The second kappa shape index (κ2) is 5.94. The molecule has 0 atom stereocenters. The fraction of sp³-hybridized carbons (Fsp3) is 0.188. The second-order valence-corrected chi connectivity index (χ2v) is 6.08. The molecule has 6 nitrogen and oxygen atoms in total. The van der Waals surface area contributed by atoms with Gasteiger partial charge in [-0.3, -0.25) is 0 Å². The molecule has 2 aromatic carbocycles. The maximum atomic E-state index is 5.85. The summed E-state index contributed by atoms with van der Waals surface area (Å²) in [7, 11) is 1.62. The van der Waals surface area contributed by atoms with E-state index in [0.29, 0.717) is 19.0 Å². The van der Waals surface area contributed by atoms with Crippen molar-refractivity contribution in [3.63, 3.8) is 0 Å². The molecule has 23 heavy (non-hydrogen) atoms. The first-order chi connectivity index (χ1) is 11.3. The molecule has 2 heterocycles. The summed E-state index contributed by atoms with van der Waals surface area (Å²) in [4.78, 5) is 0.745. The van der Waals surface area contributed by atoms with Gasteiger partial charge in [-0.15, -0.1) is 10.2 Å². The van der Waals surface area contributed by atoms with Crippen molar-refractivity contribution in [1.82, 2.24) is 19.8 Å². The number of hydrogen-bond donors (Lipinski definition) is 0. The van der Waals surface area contributed by atoms with Gasteiger partial charge in [0.25, 0.3) is 0 Å². The Morgan fingerprint density at radius 3 is 2.78 bits per heavy atom. The van der Waals surface area contributed by atoms with Crippen LogP contribution in [0.2, 0.25) is 0 Å². The highest BCUT2D eigenvalue weighted by Crippen LogP contribution is 2.22. The summed E-state index contributed by atoms with van der Waals surface area (Å²) in [5.41, 5.74) is 0. The molecule has 0 aliphatic carbocycles. The molecule has 0 radical (unpaired) electrons. The molecule has 4 rings (SSSR count). The lowest BCUT2D eigenvalue weighted by Crippen LogP contribution is -2.00. The van der Waals surface area contributed by atoms with Gasteiger partial charge in [-0.2, -0.15) is 9.61 Å². The Morgan fingerprint density at radius 2 is 1.91 bits per heavy atom. The molecule has 0 saturated heterocycles. The van der Waals surface area contributed by atoms with E-state index >= 15 is 0 Å². The highest BCUT2D eigenvalue weighted by Gasteiger charge is 2.11. The minimum atomic E-state index is 0.385. The van der Waals surface area contributed by atoms with Crippen molar-refractivity contribution >= 4 is 27.1 Å². The van der Waals surface area contributed by atoms with Crippen molar-refractivity contribution < 1.29 is 9.47 Å². The fourth-order valence-electron chi connectivity index (χ4n) is 2.38. The quantitative estimate of drug-likeness (QED) is 0.564. The summed E-state index contributed by atoms with van der Waals surface area (Å²) >= 11 is 1.46. The normalized spacial score (nSPS) is 11.3. The highest BCUT2D eigenvalue weighted by molar-refractivity contribution is 7.16. The average Bonchev–Trinajstić information content (AvgIpc) is 3.14. The van der Waals surface area contributed by atoms with Gasteiger partial charge >= 0.3 is 0 Å². The maximum absolute atomic E-state index is 5.85. The standard InChI is InChI=1S/C16H14N4O2S/c1-21-9-14-17-18-16-20(14)19-15(23-16)10-22-13-7-6-11-4-2-3-5-12(11)8-13/h2-8H,9-10H2,1H3. The molecule has 0 unspecified atom stereocenters. The van der Waals surface area contributed by atoms with Gasteiger partial charge < -0.3 is 9.47 Å². The lowest BCUT2D eigenvalue weighted by Gasteiger charge is -2.05. The third-order valence-corrected chi connectivity index (χ3v) is 4.33. The topological polar surface area (TPSA) is 61.5 Å². The summed E-state index contributed by atoms with van der Waals surface area (Å²) in [5, 5.41) is 15.8. The Balaban J connectivity index is 1.53. The van der Waals surface area contributed by atoms with Crippen molar-refractivity contribution in [2.45, 2.75) is 13.2 Å². The van der Waals surface area contributed by atoms with Crippen molar-refractivity contribution in [3.8, 4) is 5.75 Å². The van der Waals surface area contributed by atoms with Gasteiger partial charge in [0.1, 0.15) is 19.0 Å². The zero-order valence-corrected chi connectivity index (χ0v) is 13.3. The van der Waals surface area contributed by atoms with E-state index in [-0.39, 0.29) is 0 Å². The molecule has 0 spiro atoms. The molecule has 0 N–H and O–H groups in total. The number of fused-ring (bicyclic) bond motifs is 2. The minimum absolute atomic E-state index is 0.385. The van der Waals surface area contributed by atoms with Crippen LogP contribution < -0.4 is 4.74 Å². The highest BCUT2D eigenvalue weighted by atomic mass is 32.1. The van der Waals surface area contributed by atoms with Crippen LogP contribution in [-0.2, 0) is 18.0 Å². The summed E-state index contributed by atoms with van der Waals surface area (Å²) in [6, 6.07) is 14.3. The predicted molar refractivity (Wildman–Crippen MR) is 87.7 cm³/mol. The van der Waals surface area contributed by atoms with E-state index in [2.05, 4.69) is 33.5 Å². The van der Waals surface area contributed by atoms with Crippen LogP contribution in [0.4, 0.5) is 0 Å². The number of hydrogen-bond acceptors (Lipinski definition) is 6. The van der Waals surface area contributed by atoms with Crippen molar-refractivity contribution in [1.29, 1.82) is 0 Å². The number of nitrogens with zero attached hydrogens (tertiary/aromatic N) is 4. The maximum Gasteiger partial charge on any atom is 0.234 e. The molecule has 4 aromatic rings.